The van der Waals surface area contributed by atoms with Crippen molar-refractivity contribution in [2.24, 2.45) is 7.05 Å². The largest absolute Gasteiger partial charge is 0.389 e. The molecular weight excluding hydrogens is 214 g/mol. The lowest BCUT2D eigenvalue weighted by Crippen LogP contribution is -2.43. The van der Waals surface area contributed by atoms with Crippen molar-refractivity contribution >= 4 is 0 Å². The summed E-state index contributed by atoms with van der Waals surface area (Å²) in [6, 6.07) is 0.181. The Bertz CT molecular complexity index is 355. The first-order valence-electron chi connectivity index (χ1n) is 6.54. The summed E-state index contributed by atoms with van der Waals surface area (Å²) in [7, 11) is 2.00. The molecule has 0 aliphatic heterocycles. The SMILES string of the molecule is CC(NCC1(O)CCCCC1)c1nccn1C. The van der Waals surface area contributed by atoms with Gasteiger partial charge in [0.2, 0.25) is 0 Å². The molecule has 17 heavy (non-hydrogen) atoms. The van der Waals surface area contributed by atoms with E-state index in [2.05, 4.69) is 17.2 Å². The van der Waals surface area contributed by atoms with Crippen LogP contribution in [0.25, 0.3) is 0 Å². The van der Waals surface area contributed by atoms with Gasteiger partial charge in [0.1, 0.15) is 5.82 Å². The fourth-order valence-electron chi connectivity index (χ4n) is 2.62. The molecule has 0 bridgehead atoms. The van der Waals surface area contributed by atoms with E-state index >= 15 is 0 Å². The van der Waals surface area contributed by atoms with Gasteiger partial charge in [-0.2, -0.15) is 0 Å². The Labute approximate surface area is 103 Å². The third kappa shape index (κ3) is 3.07. The Kier molecular flexibility index (Phi) is 3.84. The maximum absolute atomic E-state index is 10.4. The Hall–Kier alpha value is -0.870. The van der Waals surface area contributed by atoms with Gasteiger partial charge >= 0.3 is 0 Å². The second kappa shape index (κ2) is 5.19. The Morgan fingerprint density at radius 3 is 2.76 bits per heavy atom. The third-order valence-electron chi connectivity index (χ3n) is 3.77. The number of nitrogens with zero attached hydrogens (tertiary/aromatic N) is 2. The molecule has 0 aromatic carbocycles. The number of nitrogens with one attached hydrogen (secondary N) is 1. The lowest BCUT2D eigenvalue weighted by molar-refractivity contribution is 0.00276. The highest BCUT2D eigenvalue weighted by Crippen LogP contribution is 2.27. The summed E-state index contributed by atoms with van der Waals surface area (Å²) in [6.45, 7) is 2.76. The molecular formula is C13H23N3O. The van der Waals surface area contributed by atoms with Crippen molar-refractivity contribution < 1.29 is 5.11 Å². The van der Waals surface area contributed by atoms with Gasteiger partial charge in [0.25, 0.3) is 0 Å². The number of hydrogen-bond donors (Lipinski definition) is 2. The number of aromatic nitrogens is 2. The van der Waals surface area contributed by atoms with Gasteiger partial charge < -0.3 is 15.0 Å². The lowest BCUT2D eigenvalue weighted by atomic mass is 9.85. The molecule has 0 amide bonds. The summed E-state index contributed by atoms with van der Waals surface area (Å²) in [6.07, 6.45) is 9.16. The maximum atomic E-state index is 10.4. The van der Waals surface area contributed by atoms with Gasteiger partial charge in [-0.05, 0) is 19.8 Å². The van der Waals surface area contributed by atoms with E-state index in [-0.39, 0.29) is 6.04 Å². The molecule has 1 aromatic heterocycles. The summed E-state index contributed by atoms with van der Waals surface area (Å²) >= 11 is 0. The molecule has 0 spiro atoms. The molecule has 1 aromatic rings. The second-order valence-corrected chi connectivity index (χ2v) is 5.28. The highest BCUT2D eigenvalue weighted by Gasteiger charge is 2.29. The van der Waals surface area contributed by atoms with E-state index in [0.717, 1.165) is 31.5 Å². The maximum Gasteiger partial charge on any atom is 0.125 e. The van der Waals surface area contributed by atoms with Crippen molar-refractivity contribution in [3.05, 3.63) is 18.2 Å². The van der Waals surface area contributed by atoms with Gasteiger partial charge in [0, 0.05) is 26.0 Å². The van der Waals surface area contributed by atoms with E-state index in [4.69, 9.17) is 0 Å². The van der Waals surface area contributed by atoms with E-state index < -0.39 is 5.60 Å². The zero-order valence-corrected chi connectivity index (χ0v) is 10.8. The molecule has 4 heteroatoms. The third-order valence-corrected chi connectivity index (χ3v) is 3.77. The van der Waals surface area contributed by atoms with Gasteiger partial charge in [-0.15, -0.1) is 0 Å². The zero-order chi connectivity index (χ0) is 12.3. The topological polar surface area (TPSA) is 50.1 Å². The van der Waals surface area contributed by atoms with E-state index in [9.17, 15) is 5.11 Å². The van der Waals surface area contributed by atoms with Crippen molar-refractivity contribution in [2.75, 3.05) is 6.54 Å². The van der Waals surface area contributed by atoms with Crippen LogP contribution in [-0.4, -0.2) is 26.8 Å². The summed E-state index contributed by atoms with van der Waals surface area (Å²) < 4.78 is 2.02. The normalized spacial score (nSPS) is 21.4. The average Bonchev–Trinajstić information content (AvgIpc) is 2.74. The van der Waals surface area contributed by atoms with Crippen LogP contribution in [-0.2, 0) is 7.05 Å². The van der Waals surface area contributed by atoms with Crippen molar-refractivity contribution in [2.45, 2.75) is 50.7 Å². The van der Waals surface area contributed by atoms with Crippen LogP contribution in [0.2, 0.25) is 0 Å². The van der Waals surface area contributed by atoms with E-state index in [1.165, 1.54) is 6.42 Å². The van der Waals surface area contributed by atoms with Crippen LogP contribution in [0.5, 0.6) is 0 Å². The van der Waals surface area contributed by atoms with Crippen LogP contribution in [0, 0.1) is 0 Å². The average molecular weight is 237 g/mol. The minimum absolute atomic E-state index is 0.181. The molecule has 1 aliphatic carbocycles. The van der Waals surface area contributed by atoms with Crippen LogP contribution in [0.4, 0.5) is 0 Å². The molecule has 4 nitrogen and oxygen atoms in total. The van der Waals surface area contributed by atoms with Crippen LogP contribution >= 0.6 is 0 Å². The number of hydrogen-bond acceptors (Lipinski definition) is 3. The molecule has 1 saturated carbocycles. The Morgan fingerprint density at radius 1 is 1.47 bits per heavy atom. The molecule has 1 unspecified atom stereocenters. The van der Waals surface area contributed by atoms with E-state index in [1.807, 2.05) is 24.0 Å². The molecule has 2 rings (SSSR count). The van der Waals surface area contributed by atoms with Crippen molar-refractivity contribution in [3.63, 3.8) is 0 Å². The summed E-state index contributed by atoms with van der Waals surface area (Å²) in [5.74, 6) is 1.02. The minimum atomic E-state index is -0.502. The predicted molar refractivity (Wildman–Crippen MR) is 67.7 cm³/mol. The standard InChI is InChI=1S/C13H23N3O/c1-11(12-14-8-9-16(12)2)15-10-13(17)6-4-3-5-7-13/h8-9,11,15,17H,3-7,10H2,1-2H3. The quantitative estimate of drug-likeness (QED) is 0.839. The monoisotopic (exact) mass is 237 g/mol. The van der Waals surface area contributed by atoms with Gasteiger partial charge in [-0.1, -0.05) is 19.3 Å². The van der Waals surface area contributed by atoms with Crippen molar-refractivity contribution in [3.8, 4) is 0 Å². The van der Waals surface area contributed by atoms with E-state index in [0.29, 0.717) is 6.54 Å². The highest BCUT2D eigenvalue weighted by molar-refractivity contribution is 4.98. The summed E-state index contributed by atoms with van der Waals surface area (Å²) in [5.41, 5.74) is -0.502. The van der Waals surface area contributed by atoms with E-state index in [1.54, 1.807) is 0 Å². The van der Waals surface area contributed by atoms with Crippen LogP contribution in [0.3, 0.4) is 0 Å². The van der Waals surface area contributed by atoms with Gasteiger partial charge in [0.15, 0.2) is 0 Å². The fraction of sp³-hybridized carbons (Fsp3) is 0.769. The minimum Gasteiger partial charge on any atom is -0.389 e. The molecule has 1 heterocycles. The van der Waals surface area contributed by atoms with Crippen LogP contribution in [0.1, 0.15) is 50.9 Å². The molecule has 96 valence electrons. The van der Waals surface area contributed by atoms with Crippen LogP contribution in [0.15, 0.2) is 12.4 Å². The first-order chi connectivity index (χ1) is 8.11. The molecule has 0 radical (unpaired) electrons. The number of rotatable bonds is 4. The summed E-state index contributed by atoms with van der Waals surface area (Å²) in [5, 5.41) is 13.8. The highest BCUT2D eigenvalue weighted by atomic mass is 16.3. The second-order valence-electron chi connectivity index (χ2n) is 5.28. The Balaban J connectivity index is 1.87. The number of imidazole rings is 1. The Morgan fingerprint density at radius 2 is 2.18 bits per heavy atom. The lowest BCUT2D eigenvalue weighted by Gasteiger charge is -2.33. The molecule has 1 atom stereocenters. The van der Waals surface area contributed by atoms with Gasteiger partial charge in [-0.25, -0.2) is 4.98 Å². The molecule has 1 aliphatic rings. The predicted octanol–water partition coefficient (Wildman–Crippen LogP) is 1.77. The van der Waals surface area contributed by atoms with Crippen molar-refractivity contribution in [1.82, 2.24) is 14.9 Å². The first kappa shape index (κ1) is 12.6. The number of aryl methyl sites for hydroxylation is 1. The first-order valence-corrected chi connectivity index (χ1v) is 6.54. The zero-order valence-electron chi connectivity index (χ0n) is 10.8. The fourth-order valence-corrected chi connectivity index (χ4v) is 2.62. The summed E-state index contributed by atoms with van der Waals surface area (Å²) in [4.78, 5) is 4.32. The molecule has 0 saturated heterocycles. The molecule has 1 fully saturated rings. The van der Waals surface area contributed by atoms with Crippen molar-refractivity contribution in [1.29, 1.82) is 0 Å². The van der Waals surface area contributed by atoms with Gasteiger partial charge in [-0.3, -0.25) is 0 Å². The number of aliphatic hydroxyl groups is 1. The molecule has 2 N–H and O–H groups in total. The van der Waals surface area contributed by atoms with Gasteiger partial charge in [0.05, 0.1) is 11.6 Å². The smallest absolute Gasteiger partial charge is 0.125 e. The van der Waals surface area contributed by atoms with Crippen LogP contribution < -0.4 is 5.32 Å².